The topological polar surface area (TPSA) is 542 Å². The second kappa shape index (κ2) is 51.6. The Morgan fingerprint density at radius 3 is 1.95 bits per heavy atom. The second-order valence-electron chi connectivity index (χ2n) is 29.7. The Labute approximate surface area is 707 Å². The largest absolute Gasteiger partial charge is 0.508 e. The Balaban J connectivity index is 1.18. The van der Waals surface area contributed by atoms with Gasteiger partial charge in [0.2, 0.25) is 29.5 Å². The van der Waals surface area contributed by atoms with Crippen LogP contribution in [-0.2, 0) is 84.6 Å². The molecule has 120 heavy (non-hydrogen) atoms. The number of carboxylic acids is 4. The molecule has 1 aliphatic heterocycles. The van der Waals surface area contributed by atoms with Crippen molar-refractivity contribution in [3.63, 3.8) is 0 Å². The molecule has 0 radical (unpaired) electrons. The average molecular weight is 1740 g/mol. The van der Waals surface area contributed by atoms with Gasteiger partial charge in [0.25, 0.3) is 5.91 Å². The number of rotatable bonds is 50. The highest BCUT2D eigenvalue weighted by Crippen LogP contribution is 2.33. The summed E-state index contributed by atoms with van der Waals surface area (Å²) in [7, 11) is 3.94. The number of aromatic nitrogens is 1. The summed E-state index contributed by atoms with van der Waals surface area (Å²) >= 11 is 1.02. The third-order valence-electron chi connectivity index (χ3n) is 19.7. The quantitative estimate of drug-likeness (QED) is 0.00580. The van der Waals surface area contributed by atoms with Gasteiger partial charge in [0.15, 0.2) is 12.8 Å². The van der Waals surface area contributed by atoms with Crippen molar-refractivity contribution in [3.05, 3.63) is 93.9 Å². The molecule has 2 heterocycles. The van der Waals surface area contributed by atoms with E-state index in [0.29, 0.717) is 30.4 Å². The van der Waals surface area contributed by atoms with Crippen LogP contribution in [0.4, 0.5) is 14.4 Å². The first-order valence-electron chi connectivity index (χ1n) is 39.7. The molecule has 660 valence electrons. The van der Waals surface area contributed by atoms with Crippen molar-refractivity contribution < 1.29 is 116 Å². The maximum absolute atomic E-state index is 15.1. The SMILES string of the molecule is CCCC(=O)OCN(C(=O)[C@@H](NC(=O)[C@H]1CCCCCN1C)C(C)CC)[C@H](C[C@@H](OC(C)=O)c1nc(C(=O)N[C@@H](Cc2ccc(O)cc2)C[C@H](C)C(=O)NNC(=O)OCCSSC[C@H](NC(=O)[C@H](Cc2ccc3ccccc3c2)NC(=O)[C@H](CC(C)=O)NC(=O)NCCCC[C@H](NC(=O)N[C@@H](CCC(=O)O)C(=O)O)C(=O)O)C(=O)O)cs1)C(C)C. The molecule has 0 spiro atoms. The standard InChI is InChI=1S/C80H113N13O24S3/c1-10-19-66(99)116-44-93(74(105)67(46(5)11-2)89-72(104)62-23-13-12-18-33-92(62)9)63(45(3)4)41-64(117-49(8)95)73-85-60(42-118-73)71(103)82-54(39-50-25-28-55(96)29-26-50)36-47(6)68(100)90-91-80(114)115-34-35-119-120-43-61(77(110)111)84-70(102)59(40-51-24-27-52-20-14-15-21-53(52)38-51)83-69(101)58(37-48(7)94)88-78(112)81-32-17-16-22-56(75(106)107)86-79(113)87-57(76(108)109)30-31-65(97)98/h14-15,20-21,24-29,38,42,45-47,54,56-59,61-64,67,96H,10-13,16-19,22-23,30-37,39-41,43-44H2,1-9H3,(H,82,103)(H,83,101)(H,84,102)(H,89,104)(H,90,100)(H,91,114)(H,97,98)(H,106,107)(H,108,109)(H,110,111)(H2,81,88,112)(H2,86,87,113)/t46?,47-,54+,56-,57-,58-,59-,61-,62+,63+,64+,67-/m0/s1. The van der Waals surface area contributed by atoms with Crippen LogP contribution in [0, 0.1) is 17.8 Å². The number of carbonyl (C=O) groups is 16. The first-order valence-corrected chi connectivity index (χ1v) is 43.1. The summed E-state index contributed by atoms with van der Waals surface area (Å²) in [5.41, 5.74) is 5.61. The van der Waals surface area contributed by atoms with Crippen LogP contribution in [0.1, 0.15) is 184 Å². The monoisotopic (exact) mass is 1740 g/mol. The van der Waals surface area contributed by atoms with Gasteiger partial charge in [-0.1, -0.05) is 137 Å². The van der Waals surface area contributed by atoms with Crippen molar-refractivity contribution >= 4 is 139 Å². The van der Waals surface area contributed by atoms with Crippen LogP contribution in [-0.4, -0.2) is 235 Å². The maximum atomic E-state index is 15.1. The van der Waals surface area contributed by atoms with Gasteiger partial charge in [-0.25, -0.2) is 39.2 Å². The van der Waals surface area contributed by atoms with Crippen LogP contribution in [0.3, 0.4) is 0 Å². The zero-order chi connectivity index (χ0) is 88.7. The second-order valence-corrected chi connectivity index (χ2v) is 33.2. The van der Waals surface area contributed by atoms with E-state index in [1.807, 2.05) is 70.1 Å². The van der Waals surface area contributed by atoms with Crippen LogP contribution in [0.5, 0.6) is 5.75 Å². The minimum Gasteiger partial charge on any atom is -0.508 e. The molecule has 1 aromatic heterocycles. The maximum Gasteiger partial charge on any atom is 0.426 e. The molecule has 15 N–H and O–H groups in total. The highest BCUT2D eigenvalue weighted by Gasteiger charge is 2.41. The number of phenols is 1. The van der Waals surface area contributed by atoms with Crippen LogP contribution in [0.15, 0.2) is 72.1 Å². The number of carbonyl (C=O) groups excluding carboxylic acids is 12. The van der Waals surface area contributed by atoms with E-state index in [9.17, 15) is 92.3 Å². The van der Waals surface area contributed by atoms with E-state index in [1.165, 1.54) is 29.3 Å². The first-order chi connectivity index (χ1) is 57.0. The lowest BCUT2D eigenvalue weighted by Crippen LogP contribution is -2.58. The number of Topliss-reactive ketones (excluding diaryl/α,β-unsaturated/α-hetero) is 1. The van der Waals surface area contributed by atoms with Crippen molar-refractivity contribution in [1.82, 2.24) is 68.2 Å². The van der Waals surface area contributed by atoms with E-state index in [0.717, 1.165) is 76.4 Å². The highest BCUT2D eigenvalue weighted by atomic mass is 33.1. The summed E-state index contributed by atoms with van der Waals surface area (Å²) in [5, 5.41) is 71.6. The van der Waals surface area contributed by atoms with E-state index in [4.69, 9.17) is 19.3 Å². The first kappa shape index (κ1) is 99.7. The smallest absolute Gasteiger partial charge is 0.426 e. The van der Waals surface area contributed by atoms with Crippen molar-refractivity contribution in [3.8, 4) is 5.75 Å². The number of nitrogens with one attached hydrogen (secondary N) is 10. The summed E-state index contributed by atoms with van der Waals surface area (Å²) in [5.74, 6) is -13.5. The van der Waals surface area contributed by atoms with Crippen LogP contribution in [0.25, 0.3) is 10.8 Å². The number of likely N-dealkylation sites (tertiary alicyclic amines) is 1. The van der Waals surface area contributed by atoms with E-state index in [2.05, 4.69) is 53.1 Å². The molecule has 5 rings (SSSR count). The van der Waals surface area contributed by atoms with Gasteiger partial charge >= 0.3 is 54.0 Å². The number of carboxylic acid groups (broad SMARTS) is 4. The number of nitrogens with zero attached hydrogens (tertiary/aromatic N) is 3. The fourth-order valence-electron chi connectivity index (χ4n) is 12.9. The summed E-state index contributed by atoms with van der Waals surface area (Å²) in [4.78, 5) is 217. The van der Waals surface area contributed by atoms with Gasteiger partial charge in [-0.15, -0.1) is 11.3 Å². The van der Waals surface area contributed by atoms with Gasteiger partial charge in [-0.05, 0) is 124 Å². The van der Waals surface area contributed by atoms with Gasteiger partial charge < -0.3 is 87.2 Å². The average Bonchev–Trinajstić information content (AvgIpc) is 1.47. The van der Waals surface area contributed by atoms with Crippen molar-refractivity contribution in [2.45, 2.75) is 225 Å². The van der Waals surface area contributed by atoms with E-state index >= 15 is 4.79 Å². The Morgan fingerprint density at radius 2 is 1.31 bits per heavy atom. The summed E-state index contributed by atoms with van der Waals surface area (Å²) in [6.45, 7) is 13.0. The zero-order valence-electron chi connectivity index (χ0n) is 68.8. The summed E-state index contributed by atoms with van der Waals surface area (Å²) in [6, 6.07) is 5.71. The van der Waals surface area contributed by atoms with E-state index < -0.39 is 182 Å². The minimum atomic E-state index is -1.62. The number of urea groups is 2. The molecule has 37 nitrogen and oxygen atoms in total. The van der Waals surface area contributed by atoms with Crippen molar-refractivity contribution in [2.75, 3.05) is 45.0 Å². The lowest BCUT2D eigenvalue weighted by molar-refractivity contribution is -0.160. The summed E-state index contributed by atoms with van der Waals surface area (Å²) < 4.78 is 16.9. The van der Waals surface area contributed by atoms with Crippen LogP contribution >= 0.6 is 32.9 Å². The highest BCUT2D eigenvalue weighted by molar-refractivity contribution is 8.76. The zero-order valence-corrected chi connectivity index (χ0v) is 71.2. The minimum absolute atomic E-state index is 0.0192. The molecule has 12 atom stereocenters. The molecule has 11 amide bonds. The Morgan fingerprint density at radius 1 is 0.658 bits per heavy atom. The number of benzene rings is 3. The van der Waals surface area contributed by atoms with Gasteiger partial charge in [-0.2, -0.15) is 0 Å². The molecule has 0 aliphatic carbocycles. The molecule has 1 saturated heterocycles. The van der Waals surface area contributed by atoms with E-state index in [1.54, 1.807) is 43.3 Å². The summed E-state index contributed by atoms with van der Waals surface area (Å²) in [6.07, 6.45) is 0.470. The van der Waals surface area contributed by atoms with E-state index in [-0.39, 0.29) is 110 Å². The molecule has 0 saturated carbocycles. The number of hydrogen-bond acceptors (Lipinski definition) is 25. The number of aromatic hydroxyl groups is 1. The molecular formula is C80H113N13O24S3. The fraction of sp³-hybridized carbons (Fsp3) is 0.562. The van der Waals surface area contributed by atoms with Gasteiger partial charge in [0.1, 0.15) is 65.1 Å². The number of phenolic OH excluding ortho intramolecular Hbond substituents is 1. The number of ketones is 1. The number of fused-ring (bicyclic) bond motifs is 1. The Kier molecular flexibility index (Phi) is 42.8. The van der Waals surface area contributed by atoms with Gasteiger partial charge in [-0.3, -0.25) is 58.3 Å². The molecular weight excluding hydrogens is 1620 g/mol. The number of amides is 11. The van der Waals surface area contributed by atoms with Crippen LogP contribution < -0.4 is 53.4 Å². The lowest BCUT2D eigenvalue weighted by Gasteiger charge is -2.39. The number of thiazole rings is 1. The van der Waals surface area contributed by atoms with Crippen LogP contribution in [0.2, 0.25) is 0 Å². The molecule has 4 aromatic rings. The predicted molar refractivity (Wildman–Crippen MR) is 443 cm³/mol. The molecule has 1 aliphatic rings. The number of likely N-dealkylation sites (N-methyl/N-ethyl adjacent to an activating group) is 1. The molecule has 0 bridgehead atoms. The lowest BCUT2D eigenvalue weighted by atomic mass is 9.92. The number of hydrogen-bond donors (Lipinski definition) is 15. The van der Waals surface area contributed by atoms with Crippen molar-refractivity contribution in [2.24, 2.45) is 17.8 Å². The number of aliphatic carboxylic acids is 4. The Bertz CT molecular complexity index is 4160. The predicted octanol–water partition coefficient (Wildman–Crippen LogP) is 6.25. The molecule has 3 aromatic carbocycles. The number of hydrazine groups is 1. The number of ether oxygens (including phenoxy) is 3. The van der Waals surface area contributed by atoms with Crippen molar-refractivity contribution in [1.29, 1.82) is 0 Å². The molecule has 40 heteroatoms. The fourth-order valence-corrected chi connectivity index (χ4v) is 15.7. The molecule has 1 unspecified atom stereocenters. The van der Waals surface area contributed by atoms with Gasteiger partial charge in [0, 0.05) is 80.5 Å². The Hall–Kier alpha value is -10.9. The number of unbranched alkanes of at least 4 members (excludes halogenated alkanes) is 1. The molecule has 1 fully saturated rings. The third kappa shape index (κ3) is 35.2. The third-order valence-corrected chi connectivity index (χ3v) is 23.0. The van der Waals surface area contributed by atoms with Gasteiger partial charge in [0.05, 0.1) is 6.04 Å². The number of esters is 2. The normalized spacial score (nSPS) is 15.5.